The molecule has 0 aromatic heterocycles. The first-order valence-corrected chi connectivity index (χ1v) is 25.1. The molecule has 252 valence electrons. The SMILES string of the molecule is C[Si](C)(C)c1ccc(Nc2ccc3c(c2)C(c2ccccc2)(c2ccccc2)c2cc(Nc4ccc([Si](C)(C)C)cc4)c4ccccc4c2-3)cc1. The fourth-order valence-corrected chi connectivity index (χ4v) is 10.3. The summed E-state index contributed by atoms with van der Waals surface area (Å²) in [5.41, 5.74) is 11.6. The molecule has 0 saturated carbocycles. The first-order chi connectivity index (χ1) is 24.5. The normalized spacial score (nSPS) is 13.5. The number of nitrogens with one attached hydrogen (secondary N) is 2. The van der Waals surface area contributed by atoms with Gasteiger partial charge in [0.2, 0.25) is 0 Å². The Bertz CT molecular complexity index is 2310. The number of fused-ring (bicyclic) bond motifs is 5. The average molecular weight is 695 g/mol. The molecule has 0 atom stereocenters. The highest BCUT2D eigenvalue weighted by atomic mass is 28.3. The summed E-state index contributed by atoms with van der Waals surface area (Å²) in [7, 11) is -2.79. The smallest absolute Gasteiger partial charge is 0.0775 e. The number of anilines is 4. The molecule has 0 bridgehead atoms. The Morgan fingerprint density at radius 1 is 0.412 bits per heavy atom. The van der Waals surface area contributed by atoms with Gasteiger partial charge >= 0.3 is 0 Å². The number of hydrogen-bond donors (Lipinski definition) is 2. The van der Waals surface area contributed by atoms with Crippen LogP contribution in [0.15, 0.2) is 158 Å². The summed E-state index contributed by atoms with van der Waals surface area (Å²) in [5, 5.41) is 13.1. The third kappa shape index (κ3) is 5.83. The van der Waals surface area contributed by atoms with E-state index >= 15 is 0 Å². The van der Waals surface area contributed by atoms with Gasteiger partial charge < -0.3 is 10.6 Å². The van der Waals surface area contributed by atoms with Crippen molar-refractivity contribution in [3.63, 3.8) is 0 Å². The lowest BCUT2D eigenvalue weighted by atomic mass is 9.67. The Kier molecular flexibility index (Phi) is 8.12. The zero-order valence-electron chi connectivity index (χ0n) is 30.5. The molecular formula is C47H46N2Si2. The Labute approximate surface area is 305 Å². The molecule has 0 heterocycles. The van der Waals surface area contributed by atoms with Gasteiger partial charge in [-0.3, -0.25) is 0 Å². The second-order valence-electron chi connectivity index (χ2n) is 16.0. The molecule has 7 aromatic rings. The standard InChI is InChI=1S/C47H46N2Si2/c1-50(2,3)38-26-21-35(22-27-38)48-37-25-30-42-43(31-37)47(33-15-9-7-10-16-33,34-17-11-8-12-18-34)44-32-45(40-19-13-14-20-41(40)46(42)44)49-36-23-28-39(29-24-36)51(4,5)6/h7-32,48-49H,1-6H3. The fraction of sp³-hybridized carbons (Fsp3) is 0.149. The molecule has 0 unspecified atom stereocenters. The van der Waals surface area contributed by atoms with Crippen LogP contribution in [0.2, 0.25) is 39.3 Å². The van der Waals surface area contributed by atoms with E-state index in [9.17, 15) is 0 Å². The molecule has 4 heteroatoms. The van der Waals surface area contributed by atoms with Crippen LogP contribution in [-0.2, 0) is 5.41 Å². The third-order valence-corrected chi connectivity index (χ3v) is 14.8. The minimum absolute atomic E-state index is 0.533. The van der Waals surface area contributed by atoms with Gasteiger partial charge in [0, 0.05) is 28.1 Å². The van der Waals surface area contributed by atoms with Crippen LogP contribution >= 0.6 is 0 Å². The summed E-state index contributed by atoms with van der Waals surface area (Å²) < 4.78 is 0. The summed E-state index contributed by atoms with van der Waals surface area (Å²) >= 11 is 0. The van der Waals surface area contributed by atoms with E-state index in [0.717, 1.165) is 22.7 Å². The molecule has 0 saturated heterocycles. The highest BCUT2D eigenvalue weighted by molar-refractivity contribution is 6.89. The van der Waals surface area contributed by atoms with Crippen molar-refractivity contribution in [2.45, 2.75) is 44.7 Å². The van der Waals surface area contributed by atoms with E-state index < -0.39 is 21.6 Å². The molecule has 1 aliphatic carbocycles. The van der Waals surface area contributed by atoms with Gasteiger partial charge in [-0.15, -0.1) is 0 Å². The maximum absolute atomic E-state index is 3.89. The molecule has 8 rings (SSSR count). The zero-order chi connectivity index (χ0) is 35.4. The van der Waals surface area contributed by atoms with Crippen LogP contribution in [0.5, 0.6) is 0 Å². The molecular weight excluding hydrogens is 649 g/mol. The number of benzene rings is 7. The topological polar surface area (TPSA) is 24.1 Å². The summed E-state index contributed by atoms with van der Waals surface area (Å²) in [5.74, 6) is 0. The second-order valence-corrected chi connectivity index (χ2v) is 26.2. The van der Waals surface area contributed by atoms with E-state index in [1.165, 1.54) is 54.5 Å². The van der Waals surface area contributed by atoms with Gasteiger partial charge in [-0.2, -0.15) is 0 Å². The monoisotopic (exact) mass is 694 g/mol. The quantitative estimate of drug-likeness (QED) is 0.155. The average Bonchev–Trinajstić information content (AvgIpc) is 3.42. The molecule has 1 aliphatic rings. The lowest BCUT2D eigenvalue weighted by Gasteiger charge is -2.34. The Hall–Kier alpha value is -5.17. The van der Waals surface area contributed by atoms with Crippen molar-refractivity contribution in [1.29, 1.82) is 0 Å². The van der Waals surface area contributed by atoms with E-state index in [1.54, 1.807) is 0 Å². The van der Waals surface area contributed by atoms with Crippen molar-refractivity contribution in [1.82, 2.24) is 0 Å². The van der Waals surface area contributed by atoms with Gasteiger partial charge in [0.1, 0.15) is 0 Å². The third-order valence-electron chi connectivity index (χ3n) is 10.6. The van der Waals surface area contributed by atoms with Crippen LogP contribution < -0.4 is 21.0 Å². The molecule has 2 N–H and O–H groups in total. The lowest BCUT2D eigenvalue weighted by Crippen LogP contribution is -2.37. The first-order valence-electron chi connectivity index (χ1n) is 18.1. The number of rotatable bonds is 8. The van der Waals surface area contributed by atoms with E-state index in [1.807, 2.05) is 0 Å². The molecule has 0 amide bonds. The summed E-state index contributed by atoms with van der Waals surface area (Å²) in [4.78, 5) is 0. The zero-order valence-corrected chi connectivity index (χ0v) is 32.5. The Morgan fingerprint density at radius 2 is 0.882 bits per heavy atom. The molecule has 0 spiro atoms. The van der Waals surface area contributed by atoms with E-state index in [4.69, 9.17) is 0 Å². The fourth-order valence-electron chi connectivity index (χ4n) is 7.95. The van der Waals surface area contributed by atoms with Crippen LogP contribution in [0.1, 0.15) is 22.3 Å². The summed E-state index contributed by atoms with van der Waals surface area (Å²) in [6.07, 6.45) is 0. The van der Waals surface area contributed by atoms with E-state index in [0.29, 0.717) is 0 Å². The molecule has 0 aliphatic heterocycles. The minimum atomic E-state index is -1.41. The Morgan fingerprint density at radius 3 is 1.41 bits per heavy atom. The second kappa shape index (κ2) is 12.6. The Balaban J connectivity index is 1.36. The first kappa shape index (κ1) is 33.0. The van der Waals surface area contributed by atoms with Gasteiger partial charge in [0.25, 0.3) is 0 Å². The summed E-state index contributed by atoms with van der Waals surface area (Å²) in [6.45, 7) is 14.4. The highest BCUT2D eigenvalue weighted by Gasteiger charge is 2.47. The van der Waals surface area contributed by atoms with Gasteiger partial charge in [-0.1, -0.05) is 165 Å². The van der Waals surface area contributed by atoms with Crippen molar-refractivity contribution >= 4 is 60.0 Å². The van der Waals surface area contributed by atoms with Crippen molar-refractivity contribution < 1.29 is 0 Å². The van der Waals surface area contributed by atoms with E-state index in [2.05, 4.69) is 208 Å². The maximum atomic E-state index is 3.89. The van der Waals surface area contributed by atoms with Crippen LogP contribution in [0.4, 0.5) is 22.7 Å². The van der Waals surface area contributed by atoms with Gasteiger partial charge in [-0.25, -0.2) is 0 Å². The van der Waals surface area contributed by atoms with Crippen LogP contribution in [0, 0.1) is 0 Å². The predicted octanol–water partition coefficient (Wildman–Crippen LogP) is 11.8. The van der Waals surface area contributed by atoms with Crippen molar-refractivity contribution in [2.75, 3.05) is 10.6 Å². The largest absolute Gasteiger partial charge is 0.356 e. The van der Waals surface area contributed by atoms with Crippen LogP contribution in [-0.4, -0.2) is 16.1 Å². The van der Waals surface area contributed by atoms with Gasteiger partial charge in [0.05, 0.1) is 21.6 Å². The van der Waals surface area contributed by atoms with Crippen LogP contribution in [0.3, 0.4) is 0 Å². The molecule has 0 radical (unpaired) electrons. The minimum Gasteiger partial charge on any atom is -0.356 e. The molecule has 51 heavy (non-hydrogen) atoms. The van der Waals surface area contributed by atoms with Gasteiger partial charge in [0.15, 0.2) is 0 Å². The summed E-state index contributed by atoms with van der Waals surface area (Å²) in [6, 6.07) is 58.7. The predicted molar refractivity (Wildman–Crippen MR) is 227 cm³/mol. The van der Waals surface area contributed by atoms with Crippen molar-refractivity contribution in [3.8, 4) is 11.1 Å². The molecule has 2 nitrogen and oxygen atoms in total. The van der Waals surface area contributed by atoms with Crippen LogP contribution in [0.25, 0.3) is 21.9 Å². The molecule has 7 aromatic carbocycles. The van der Waals surface area contributed by atoms with Crippen molar-refractivity contribution in [3.05, 3.63) is 180 Å². The highest BCUT2D eigenvalue weighted by Crippen LogP contribution is 2.59. The lowest BCUT2D eigenvalue weighted by molar-refractivity contribution is 0.769. The van der Waals surface area contributed by atoms with Gasteiger partial charge in [-0.05, 0) is 81.2 Å². The van der Waals surface area contributed by atoms with E-state index in [-0.39, 0.29) is 0 Å². The van der Waals surface area contributed by atoms with Crippen molar-refractivity contribution in [2.24, 2.45) is 0 Å². The maximum Gasteiger partial charge on any atom is 0.0775 e. The molecule has 0 fully saturated rings. The number of hydrogen-bond acceptors (Lipinski definition) is 2.